The van der Waals surface area contributed by atoms with Crippen molar-refractivity contribution in [3.8, 4) is 0 Å². The number of fused-ring (bicyclic) bond motifs is 5. The highest BCUT2D eigenvalue weighted by Crippen LogP contribution is 2.68. The van der Waals surface area contributed by atoms with Crippen molar-refractivity contribution in [3.05, 3.63) is 0 Å². The summed E-state index contributed by atoms with van der Waals surface area (Å²) in [6.07, 6.45) is 12.4. The van der Waals surface area contributed by atoms with Gasteiger partial charge >= 0.3 is 5.97 Å². The van der Waals surface area contributed by atoms with Crippen LogP contribution >= 0.6 is 0 Å². The summed E-state index contributed by atoms with van der Waals surface area (Å²) in [6.45, 7) is 7.43. The molecule has 0 heterocycles. The highest BCUT2D eigenvalue weighted by atomic mass is 16.4. The van der Waals surface area contributed by atoms with Crippen LogP contribution in [0.5, 0.6) is 0 Å². The van der Waals surface area contributed by atoms with E-state index in [1.807, 2.05) is 0 Å². The van der Waals surface area contributed by atoms with Gasteiger partial charge in [-0.3, -0.25) is 4.79 Å². The van der Waals surface area contributed by atoms with Gasteiger partial charge in [-0.05, 0) is 111 Å². The van der Waals surface area contributed by atoms with Crippen LogP contribution in [-0.4, -0.2) is 22.3 Å². The van der Waals surface area contributed by atoms with Crippen LogP contribution < -0.4 is 0 Å². The summed E-state index contributed by atoms with van der Waals surface area (Å²) in [7, 11) is 0. The number of aliphatic hydroxyl groups excluding tert-OH is 1. The second-order valence-corrected chi connectivity index (χ2v) is 11.2. The number of carboxylic acid groups (broad SMARTS) is 1. The van der Waals surface area contributed by atoms with E-state index in [2.05, 4.69) is 20.8 Å². The van der Waals surface area contributed by atoms with E-state index < -0.39 is 5.97 Å². The fraction of sp³-hybridized carbons (Fsp3) is 0.958. The molecule has 4 fully saturated rings. The third kappa shape index (κ3) is 3.16. The van der Waals surface area contributed by atoms with Gasteiger partial charge in [0.2, 0.25) is 0 Å². The zero-order chi connectivity index (χ0) is 19.4. The highest BCUT2D eigenvalue weighted by molar-refractivity contribution is 5.66. The van der Waals surface area contributed by atoms with Crippen LogP contribution in [0.2, 0.25) is 0 Å². The van der Waals surface area contributed by atoms with E-state index in [4.69, 9.17) is 5.11 Å². The molecule has 0 aromatic carbocycles. The molecule has 0 radical (unpaired) electrons. The first-order valence-electron chi connectivity index (χ1n) is 11.7. The second-order valence-electron chi connectivity index (χ2n) is 11.2. The van der Waals surface area contributed by atoms with Crippen LogP contribution in [-0.2, 0) is 4.79 Å². The average molecular weight is 377 g/mol. The summed E-state index contributed by atoms with van der Waals surface area (Å²) in [6, 6.07) is 0. The number of carbonyl (C=O) groups is 1. The maximum Gasteiger partial charge on any atom is 0.303 e. The monoisotopic (exact) mass is 376 g/mol. The summed E-state index contributed by atoms with van der Waals surface area (Å²) < 4.78 is 0. The molecular formula is C24H40O3. The van der Waals surface area contributed by atoms with Gasteiger partial charge in [-0.1, -0.05) is 20.8 Å². The average Bonchev–Trinajstić information content (AvgIpc) is 2.97. The van der Waals surface area contributed by atoms with Gasteiger partial charge in [-0.15, -0.1) is 0 Å². The van der Waals surface area contributed by atoms with Crippen molar-refractivity contribution in [2.75, 3.05) is 0 Å². The molecule has 0 aliphatic heterocycles. The van der Waals surface area contributed by atoms with E-state index in [-0.39, 0.29) is 6.10 Å². The van der Waals surface area contributed by atoms with Crippen LogP contribution in [0, 0.1) is 46.3 Å². The minimum Gasteiger partial charge on any atom is -0.481 e. The number of carboxylic acids is 1. The molecule has 0 unspecified atom stereocenters. The van der Waals surface area contributed by atoms with Crippen molar-refractivity contribution < 1.29 is 15.0 Å². The Balaban J connectivity index is 1.51. The third-order valence-corrected chi connectivity index (χ3v) is 10.2. The quantitative estimate of drug-likeness (QED) is 0.680. The van der Waals surface area contributed by atoms with Crippen LogP contribution in [0.25, 0.3) is 0 Å². The van der Waals surface area contributed by atoms with E-state index in [0.29, 0.717) is 29.1 Å². The van der Waals surface area contributed by atoms with Gasteiger partial charge in [0.25, 0.3) is 0 Å². The highest BCUT2D eigenvalue weighted by Gasteiger charge is 2.60. The van der Waals surface area contributed by atoms with Gasteiger partial charge in [0.1, 0.15) is 0 Å². The van der Waals surface area contributed by atoms with Crippen molar-refractivity contribution in [2.24, 2.45) is 46.3 Å². The normalized spacial score (nSPS) is 50.4. The molecule has 0 amide bonds. The molecular weight excluding hydrogens is 336 g/mol. The number of aliphatic carboxylic acids is 1. The molecule has 3 heteroatoms. The van der Waals surface area contributed by atoms with E-state index in [1.165, 1.54) is 44.9 Å². The lowest BCUT2D eigenvalue weighted by Crippen LogP contribution is -2.54. The van der Waals surface area contributed by atoms with Crippen LogP contribution in [0.15, 0.2) is 0 Å². The molecule has 4 aliphatic rings. The molecule has 27 heavy (non-hydrogen) atoms. The molecule has 0 saturated heterocycles. The zero-order valence-electron chi connectivity index (χ0n) is 17.6. The molecule has 9 atom stereocenters. The Morgan fingerprint density at radius 1 is 1.00 bits per heavy atom. The first kappa shape index (κ1) is 19.7. The Morgan fingerprint density at radius 3 is 2.44 bits per heavy atom. The second kappa shape index (κ2) is 7.04. The lowest BCUT2D eigenvalue weighted by atomic mass is 9.44. The van der Waals surface area contributed by atoms with E-state index >= 15 is 0 Å². The summed E-state index contributed by atoms with van der Waals surface area (Å²) >= 11 is 0. The molecule has 2 N–H and O–H groups in total. The number of hydrogen-bond acceptors (Lipinski definition) is 2. The lowest BCUT2D eigenvalue weighted by molar-refractivity contribution is -0.138. The minimum absolute atomic E-state index is 0.0561. The van der Waals surface area contributed by atoms with Gasteiger partial charge in [0, 0.05) is 6.42 Å². The van der Waals surface area contributed by atoms with Crippen molar-refractivity contribution in [1.82, 2.24) is 0 Å². The number of rotatable bonds is 4. The van der Waals surface area contributed by atoms with Gasteiger partial charge < -0.3 is 10.2 Å². The molecule has 4 rings (SSSR count). The van der Waals surface area contributed by atoms with Gasteiger partial charge in [-0.2, -0.15) is 0 Å². The topological polar surface area (TPSA) is 57.5 Å². The van der Waals surface area contributed by atoms with Crippen molar-refractivity contribution >= 4 is 5.97 Å². The Kier molecular flexibility index (Phi) is 5.15. The van der Waals surface area contributed by atoms with Crippen molar-refractivity contribution in [1.29, 1.82) is 0 Å². The van der Waals surface area contributed by atoms with Crippen molar-refractivity contribution in [3.63, 3.8) is 0 Å². The maximum atomic E-state index is 11.0. The van der Waals surface area contributed by atoms with E-state index in [0.717, 1.165) is 42.9 Å². The number of aliphatic hydroxyl groups is 1. The summed E-state index contributed by atoms with van der Waals surface area (Å²) in [4.78, 5) is 11.0. The maximum absolute atomic E-state index is 11.0. The lowest BCUT2D eigenvalue weighted by Gasteiger charge is -2.61. The van der Waals surface area contributed by atoms with Gasteiger partial charge in [0.05, 0.1) is 6.10 Å². The molecule has 3 nitrogen and oxygen atoms in total. The summed E-state index contributed by atoms with van der Waals surface area (Å²) in [5.74, 6) is 3.91. The van der Waals surface area contributed by atoms with E-state index in [9.17, 15) is 9.90 Å². The molecule has 4 saturated carbocycles. The Bertz CT molecular complexity index is 574. The van der Waals surface area contributed by atoms with E-state index in [1.54, 1.807) is 0 Å². The van der Waals surface area contributed by atoms with Crippen molar-refractivity contribution in [2.45, 2.75) is 97.5 Å². The van der Waals surface area contributed by atoms with Crippen LogP contribution in [0.1, 0.15) is 91.4 Å². The SMILES string of the molecule is C[C@H](CCC(=O)O)[C@H]1CC[C@H]2[C@H]3CC[C@@H]4C[C@H](O)CC[C@]4(C)[C@@H]3CC[C@]12C. The van der Waals surface area contributed by atoms with Gasteiger partial charge in [-0.25, -0.2) is 0 Å². The standard InChI is InChI=1S/C24H40O3/c1-15(4-9-22(26)27)19-7-8-20-18-6-5-16-14-17(25)10-12-23(16,2)21(18)11-13-24(19,20)3/h15-21,25H,4-14H2,1-3H3,(H,26,27)/t15-,16-,17-,18-,19-,20+,21-,23+,24-/m1/s1. The zero-order valence-corrected chi connectivity index (χ0v) is 17.6. The molecule has 154 valence electrons. The molecule has 0 aromatic rings. The van der Waals surface area contributed by atoms with Crippen LogP contribution in [0.4, 0.5) is 0 Å². The predicted molar refractivity (Wildman–Crippen MR) is 107 cm³/mol. The summed E-state index contributed by atoms with van der Waals surface area (Å²) in [5, 5.41) is 19.3. The molecule has 4 aliphatic carbocycles. The van der Waals surface area contributed by atoms with Gasteiger partial charge in [0.15, 0.2) is 0 Å². The molecule has 0 aromatic heterocycles. The predicted octanol–water partition coefficient (Wildman–Crippen LogP) is 5.51. The minimum atomic E-state index is -0.643. The number of hydrogen-bond donors (Lipinski definition) is 2. The Morgan fingerprint density at radius 2 is 1.70 bits per heavy atom. The fourth-order valence-electron chi connectivity index (χ4n) is 8.76. The molecule has 0 spiro atoms. The fourth-order valence-corrected chi connectivity index (χ4v) is 8.76. The summed E-state index contributed by atoms with van der Waals surface area (Å²) in [5.41, 5.74) is 0.882. The Labute approximate surface area is 165 Å². The first-order valence-corrected chi connectivity index (χ1v) is 11.7. The first-order chi connectivity index (χ1) is 12.8. The smallest absolute Gasteiger partial charge is 0.303 e. The third-order valence-electron chi connectivity index (χ3n) is 10.2. The van der Waals surface area contributed by atoms with Crippen LogP contribution in [0.3, 0.4) is 0 Å². The largest absolute Gasteiger partial charge is 0.481 e. The molecule has 0 bridgehead atoms. The Hall–Kier alpha value is -0.570.